The summed E-state index contributed by atoms with van der Waals surface area (Å²) in [5.41, 5.74) is 1.36. The number of aliphatic hydroxyl groups excluding tert-OH is 1. The largest absolute Gasteiger partial charge is 0.388 e. The molecule has 4 nitrogen and oxygen atoms in total. The van der Waals surface area contributed by atoms with Gasteiger partial charge in [-0.25, -0.2) is 9.97 Å². The summed E-state index contributed by atoms with van der Waals surface area (Å²) in [5.74, 6) is 0.236. The summed E-state index contributed by atoms with van der Waals surface area (Å²) in [5, 5.41) is 9.38. The van der Waals surface area contributed by atoms with Crippen molar-refractivity contribution in [3.8, 4) is 0 Å². The second-order valence-electron chi connectivity index (χ2n) is 3.77. The molecule has 2 aromatic rings. The minimum atomic E-state index is -0.528. The van der Waals surface area contributed by atoms with Crippen molar-refractivity contribution < 1.29 is 9.90 Å². The summed E-state index contributed by atoms with van der Waals surface area (Å²) in [7, 11) is 0. The molecule has 1 heterocycles. The van der Waals surface area contributed by atoms with E-state index in [4.69, 9.17) is 16.7 Å². The molecule has 1 aromatic carbocycles. The number of ketones is 1. The van der Waals surface area contributed by atoms with Crippen molar-refractivity contribution >= 4 is 17.4 Å². The molecule has 92 valence electrons. The molecular weight excluding hydrogens is 252 g/mol. The Morgan fingerprint density at radius 2 is 1.78 bits per heavy atom. The molecule has 0 aliphatic carbocycles. The molecule has 0 radical (unpaired) electrons. The number of aliphatic hydroxyl groups is 1. The van der Waals surface area contributed by atoms with Crippen LogP contribution in [0.4, 0.5) is 0 Å². The Balaban J connectivity index is 2.10. The molecule has 0 amide bonds. The number of rotatable bonds is 4. The van der Waals surface area contributed by atoms with Gasteiger partial charge in [0.25, 0.3) is 0 Å². The highest BCUT2D eigenvalue weighted by atomic mass is 35.5. The van der Waals surface area contributed by atoms with Gasteiger partial charge in [-0.05, 0) is 17.7 Å². The fourth-order valence-electron chi connectivity index (χ4n) is 1.47. The van der Waals surface area contributed by atoms with E-state index in [1.54, 1.807) is 12.1 Å². The quantitative estimate of drug-likeness (QED) is 0.855. The van der Waals surface area contributed by atoms with Crippen LogP contribution in [-0.4, -0.2) is 27.5 Å². The van der Waals surface area contributed by atoms with Crippen LogP contribution in [0.1, 0.15) is 21.7 Å². The molecule has 0 atom stereocenters. The van der Waals surface area contributed by atoms with Crippen molar-refractivity contribution in [2.24, 2.45) is 0 Å². The summed E-state index contributed by atoms with van der Waals surface area (Å²) in [4.78, 5) is 19.4. The van der Waals surface area contributed by atoms with Gasteiger partial charge in [-0.1, -0.05) is 23.7 Å². The first-order valence-electron chi connectivity index (χ1n) is 5.38. The number of nitrogens with zero attached hydrogens (tertiary/aromatic N) is 2. The smallest absolute Gasteiger partial charge is 0.191 e. The Labute approximate surface area is 109 Å². The zero-order valence-corrected chi connectivity index (χ0v) is 10.3. The van der Waals surface area contributed by atoms with Crippen LogP contribution in [0.25, 0.3) is 0 Å². The van der Waals surface area contributed by atoms with Gasteiger partial charge in [0.05, 0.1) is 5.56 Å². The summed E-state index contributed by atoms with van der Waals surface area (Å²) >= 11 is 5.79. The molecule has 2 rings (SSSR count). The zero-order chi connectivity index (χ0) is 13.0. The van der Waals surface area contributed by atoms with E-state index >= 15 is 0 Å². The van der Waals surface area contributed by atoms with Crippen molar-refractivity contribution in [1.29, 1.82) is 0 Å². The van der Waals surface area contributed by atoms with Crippen molar-refractivity contribution in [2.45, 2.75) is 6.42 Å². The van der Waals surface area contributed by atoms with Gasteiger partial charge in [0.15, 0.2) is 5.78 Å². The molecule has 0 bridgehead atoms. The number of carbonyl (C=O) groups is 1. The maximum atomic E-state index is 11.2. The lowest BCUT2D eigenvalue weighted by atomic mass is 10.1. The average Bonchev–Trinajstić information content (AvgIpc) is 2.41. The van der Waals surface area contributed by atoms with Crippen molar-refractivity contribution in [1.82, 2.24) is 9.97 Å². The molecule has 0 aliphatic heterocycles. The van der Waals surface area contributed by atoms with E-state index in [2.05, 4.69) is 9.97 Å². The lowest BCUT2D eigenvalue weighted by Crippen LogP contribution is -2.07. The van der Waals surface area contributed by atoms with E-state index in [9.17, 15) is 4.79 Å². The highest BCUT2D eigenvalue weighted by Gasteiger charge is 2.06. The Morgan fingerprint density at radius 3 is 2.33 bits per heavy atom. The van der Waals surface area contributed by atoms with Crippen LogP contribution in [-0.2, 0) is 6.42 Å². The first-order chi connectivity index (χ1) is 8.69. The van der Waals surface area contributed by atoms with Gasteiger partial charge in [0.1, 0.15) is 12.4 Å². The topological polar surface area (TPSA) is 63.1 Å². The maximum Gasteiger partial charge on any atom is 0.191 e. The molecule has 0 fully saturated rings. The molecule has 0 spiro atoms. The zero-order valence-electron chi connectivity index (χ0n) is 9.51. The number of hydrogen-bond acceptors (Lipinski definition) is 4. The van der Waals surface area contributed by atoms with E-state index in [1.165, 1.54) is 12.4 Å². The molecule has 0 saturated heterocycles. The molecule has 1 N–H and O–H groups in total. The number of carbonyl (C=O) groups excluding carboxylic acids is 1. The highest BCUT2D eigenvalue weighted by molar-refractivity contribution is 6.30. The van der Waals surface area contributed by atoms with Gasteiger partial charge in [0, 0.05) is 23.8 Å². The SMILES string of the molecule is O=C(CO)c1cnc(Cc2ccc(Cl)cc2)nc1. The van der Waals surface area contributed by atoms with Crippen molar-refractivity contribution in [3.05, 3.63) is 58.6 Å². The minimum Gasteiger partial charge on any atom is -0.388 e. The van der Waals surface area contributed by atoms with Crippen LogP contribution in [0.15, 0.2) is 36.7 Å². The van der Waals surface area contributed by atoms with Gasteiger partial charge in [-0.15, -0.1) is 0 Å². The van der Waals surface area contributed by atoms with Crippen molar-refractivity contribution in [2.75, 3.05) is 6.61 Å². The van der Waals surface area contributed by atoms with Gasteiger partial charge < -0.3 is 5.11 Å². The molecule has 18 heavy (non-hydrogen) atoms. The predicted molar refractivity (Wildman–Crippen MR) is 67.7 cm³/mol. The Morgan fingerprint density at radius 1 is 1.17 bits per heavy atom. The number of aromatic nitrogens is 2. The van der Waals surface area contributed by atoms with Gasteiger partial charge >= 0.3 is 0 Å². The first-order valence-corrected chi connectivity index (χ1v) is 5.76. The van der Waals surface area contributed by atoms with Crippen LogP contribution in [0.3, 0.4) is 0 Å². The van der Waals surface area contributed by atoms with Crippen LogP contribution < -0.4 is 0 Å². The molecule has 0 aliphatic rings. The summed E-state index contributed by atoms with van der Waals surface area (Å²) < 4.78 is 0. The number of hydrogen-bond donors (Lipinski definition) is 1. The van der Waals surface area contributed by atoms with Gasteiger partial charge in [-0.2, -0.15) is 0 Å². The average molecular weight is 263 g/mol. The lowest BCUT2D eigenvalue weighted by Gasteiger charge is -2.02. The van der Waals surface area contributed by atoms with Gasteiger partial charge in [-0.3, -0.25) is 4.79 Å². The third-order valence-corrected chi connectivity index (χ3v) is 2.70. The Kier molecular flexibility index (Phi) is 4.02. The third kappa shape index (κ3) is 3.12. The third-order valence-electron chi connectivity index (χ3n) is 2.45. The van der Waals surface area contributed by atoms with Crippen LogP contribution >= 0.6 is 11.6 Å². The normalized spacial score (nSPS) is 10.3. The van der Waals surface area contributed by atoms with E-state index in [-0.39, 0.29) is 5.78 Å². The van der Waals surface area contributed by atoms with Crippen LogP contribution in [0, 0.1) is 0 Å². The van der Waals surface area contributed by atoms with E-state index in [1.807, 2.05) is 12.1 Å². The second-order valence-corrected chi connectivity index (χ2v) is 4.21. The molecule has 5 heteroatoms. The number of halogens is 1. The second kappa shape index (κ2) is 5.71. The van der Waals surface area contributed by atoms with Crippen LogP contribution in [0.5, 0.6) is 0 Å². The van der Waals surface area contributed by atoms with Gasteiger partial charge in [0.2, 0.25) is 0 Å². The lowest BCUT2D eigenvalue weighted by molar-refractivity contribution is 0.0903. The minimum absolute atomic E-state index is 0.317. The molecular formula is C13H11ClN2O2. The van der Waals surface area contributed by atoms with E-state index in [0.717, 1.165) is 5.56 Å². The van der Waals surface area contributed by atoms with Crippen LogP contribution in [0.2, 0.25) is 5.02 Å². The highest BCUT2D eigenvalue weighted by Crippen LogP contribution is 2.11. The Hall–Kier alpha value is -1.78. The Bertz CT molecular complexity index is 538. The molecule has 1 aromatic heterocycles. The van der Waals surface area contributed by atoms with Crippen molar-refractivity contribution in [3.63, 3.8) is 0 Å². The summed E-state index contributed by atoms with van der Waals surface area (Å²) in [6.07, 6.45) is 3.43. The summed E-state index contributed by atoms with van der Waals surface area (Å²) in [6, 6.07) is 7.41. The standard InChI is InChI=1S/C13H11ClN2O2/c14-11-3-1-9(2-4-11)5-13-15-6-10(7-16-13)12(18)8-17/h1-4,6-7,17H,5,8H2. The fraction of sp³-hybridized carbons (Fsp3) is 0.154. The number of Topliss-reactive ketones (excluding diaryl/α,β-unsaturated/α-hetero) is 1. The number of benzene rings is 1. The first kappa shape index (κ1) is 12.7. The summed E-state index contributed by atoms with van der Waals surface area (Å²) in [6.45, 7) is -0.528. The maximum absolute atomic E-state index is 11.2. The van der Waals surface area contributed by atoms with E-state index in [0.29, 0.717) is 22.8 Å². The molecule has 0 saturated carbocycles. The fourth-order valence-corrected chi connectivity index (χ4v) is 1.59. The molecule has 0 unspecified atom stereocenters. The predicted octanol–water partition coefficient (Wildman–Crippen LogP) is 1.90. The monoisotopic (exact) mass is 262 g/mol. The van der Waals surface area contributed by atoms with E-state index < -0.39 is 6.61 Å².